The molecule has 0 fully saturated rings. The first-order chi connectivity index (χ1) is 19.4. The van der Waals surface area contributed by atoms with Gasteiger partial charge in [-0.3, -0.25) is 13.9 Å². The number of aryl methyl sites for hydroxylation is 1. The van der Waals surface area contributed by atoms with E-state index in [-0.39, 0.29) is 29.0 Å². The second-order valence-corrected chi connectivity index (χ2v) is 12.5. The SMILES string of the molecule is CCOc1ccccc1N(CC(=O)N(Cc1ccc(C)cc1)[C@@H](C)C(=O)NCC(C)C)S(=O)(=O)c1ccc(Cl)cc1. The number of nitrogens with zero attached hydrogens (tertiary/aromatic N) is 2. The Labute approximate surface area is 248 Å². The van der Waals surface area contributed by atoms with Crippen LogP contribution in [-0.4, -0.2) is 50.9 Å². The molecule has 8 nitrogen and oxygen atoms in total. The van der Waals surface area contributed by atoms with E-state index in [0.29, 0.717) is 23.9 Å². The van der Waals surface area contributed by atoms with E-state index in [2.05, 4.69) is 5.32 Å². The van der Waals surface area contributed by atoms with E-state index >= 15 is 0 Å². The quantitative estimate of drug-likeness (QED) is 0.283. The van der Waals surface area contributed by atoms with Gasteiger partial charge in [0.25, 0.3) is 10.0 Å². The number of benzene rings is 3. The van der Waals surface area contributed by atoms with Crippen LogP contribution in [0.25, 0.3) is 0 Å². The zero-order valence-electron chi connectivity index (χ0n) is 24.1. The average Bonchev–Trinajstić information content (AvgIpc) is 2.94. The topological polar surface area (TPSA) is 96.0 Å². The van der Waals surface area contributed by atoms with Crippen LogP contribution in [0.2, 0.25) is 5.02 Å². The number of para-hydroxylation sites is 2. The molecule has 0 spiro atoms. The average molecular weight is 600 g/mol. The van der Waals surface area contributed by atoms with Crippen molar-refractivity contribution in [1.82, 2.24) is 10.2 Å². The molecule has 0 saturated heterocycles. The number of anilines is 1. The van der Waals surface area contributed by atoms with Gasteiger partial charge in [-0.05, 0) is 68.7 Å². The Morgan fingerprint density at radius 3 is 2.20 bits per heavy atom. The molecule has 1 N–H and O–H groups in total. The highest BCUT2D eigenvalue weighted by Gasteiger charge is 2.33. The smallest absolute Gasteiger partial charge is 0.264 e. The lowest BCUT2D eigenvalue weighted by atomic mass is 10.1. The van der Waals surface area contributed by atoms with E-state index in [1.807, 2.05) is 45.0 Å². The summed E-state index contributed by atoms with van der Waals surface area (Å²) in [5.41, 5.74) is 2.08. The molecule has 10 heteroatoms. The Morgan fingerprint density at radius 2 is 1.59 bits per heavy atom. The van der Waals surface area contributed by atoms with E-state index < -0.39 is 28.5 Å². The van der Waals surface area contributed by atoms with Gasteiger partial charge in [0, 0.05) is 18.1 Å². The molecular weight excluding hydrogens is 562 g/mol. The van der Waals surface area contributed by atoms with Crippen molar-refractivity contribution in [1.29, 1.82) is 0 Å². The third-order valence-corrected chi connectivity index (χ3v) is 8.47. The van der Waals surface area contributed by atoms with Crippen LogP contribution in [0.15, 0.2) is 77.7 Å². The van der Waals surface area contributed by atoms with Crippen LogP contribution in [0.5, 0.6) is 5.75 Å². The number of ether oxygens (including phenoxy) is 1. The minimum Gasteiger partial charge on any atom is -0.492 e. The highest BCUT2D eigenvalue weighted by Crippen LogP contribution is 2.33. The number of carbonyl (C=O) groups is 2. The number of nitrogens with one attached hydrogen (secondary N) is 1. The largest absolute Gasteiger partial charge is 0.492 e. The molecule has 220 valence electrons. The summed E-state index contributed by atoms with van der Waals surface area (Å²) in [5, 5.41) is 3.27. The van der Waals surface area contributed by atoms with E-state index in [0.717, 1.165) is 15.4 Å². The van der Waals surface area contributed by atoms with Crippen molar-refractivity contribution < 1.29 is 22.7 Å². The van der Waals surface area contributed by atoms with Crippen LogP contribution in [0.4, 0.5) is 5.69 Å². The Hall–Kier alpha value is -3.56. The van der Waals surface area contributed by atoms with Crippen LogP contribution in [0.1, 0.15) is 38.8 Å². The van der Waals surface area contributed by atoms with Crippen LogP contribution in [0, 0.1) is 12.8 Å². The molecule has 0 radical (unpaired) electrons. The van der Waals surface area contributed by atoms with Gasteiger partial charge in [0.1, 0.15) is 18.3 Å². The number of hydrogen-bond acceptors (Lipinski definition) is 5. The lowest BCUT2D eigenvalue weighted by molar-refractivity contribution is -0.139. The molecule has 2 amide bonds. The molecule has 3 aromatic rings. The maximum Gasteiger partial charge on any atom is 0.264 e. The fourth-order valence-electron chi connectivity index (χ4n) is 4.11. The van der Waals surface area contributed by atoms with Gasteiger partial charge in [-0.15, -0.1) is 0 Å². The van der Waals surface area contributed by atoms with Gasteiger partial charge in [0.2, 0.25) is 11.8 Å². The van der Waals surface area contributed by atoms with Crippen molar-refractivity contribution in [2.75, 3.05) is 24.0 Å². The predicted molar refractivity (Wildman–Crippen MR) is 163 cm³/mol. The summed E-state index contributed by atoms with van der Waals surface area (Å²) in [6, 6.07) is 19.2. The molecule has 0 aliphatic rings. The highest BCUT2D eigenvalue weighted by atomic mass is 35.5. The summed E-state index contributed by atoms with van der Waals surface area (Å²) >= 11 is 6.02. The Balaban J connectivity index is 2.06. The molecule has 0 heterocycles. The van der Waals surface area contributed by atoms with Gasteiger partial charge >= 0.3 is 0 Å². The Morgan fingerprint density at radius 1 is 0.951 bits per heavy atom. The highest BCUT2D eigenvalue weighted by molar-refractivity contribution is 7.92. The molecule has 0 bridgehead atoms. The number of hydrogen-bond donors (Lipinski definition) is 1. The van der Waals surface area contributed by atoms with Gasteiger partial charge in [-0.2, -0.15) is 0 Å². The number of amides is 2. The predicted octanol–water partition coefficient (Wildman–Crippen LogP) is 5.43. The second-order valence-electron chi connectivity index (χ2n) is 10.2. The summed E-state index contributed by atoms with van der Waals surface area (Å²) in [4.78, 5) is 28.6. The molecule has 3 aromatic carbocycles. The monoisotopic (exact) mass is 599 g/mol. The minimum atomic E-state index is -4.24. The summed E-state index contributed by atoms with van der Waals surface area (Å²) in [6.07, 6.45) is 0. The Kier molecular flexibility index (Phi) is 11.2. The lowest BCUT2D eigenvalue weighted by Crippen LogP contribution is -2.51. The van der Waals surface area contributed by atoms with Crippen molar-refractivity contribution in [3.05, 3.63) is 88.9 Å². The van der Waals surface area contributed by atoms with Gasteiger partial charge in [0.15, 0.2) is 0 Å². The van der Waals surface area contributed by atoms with Gasteiger partial charge in [0.05, 0.1) is 17.2 Å². The van der Waals surface area contributed by atoms with E-state index in [1.165, 1.54) is 29.2 Å². The fourth-order valence-corrected chi connectivity index (χ4v) is 5.66. The van der Waals surface area contributed by atoms with Crippen molar-refractivity contribution in [2.45, 2.75) is 52.1 Å². The third-order valence-electron chi connectivity index (χ3n) is 6.44. The van der Waals surface area contributed by atoms with Gasteiger partial charge in [-0.1, -0.05) is 67.4 Å². The molecule has 0 aliphatic carbocycles. The number of carbonyl (C=O) groups excluding carboxylic acids is 2. The zero-order chi connectivity index (χ0) is 30.2. The first-order valence-corrected chi connectivity index (χ1v) is 15.4. The number of halogens is 1. The third kappa shape index (κ3) is 8.47. The van der Waals surface area contributed by atoms with Crippen LogP contribution < -0.4 is 14.4 Å². The molecule has 0 saturated carbocycles. The molecule has 0 aliphatic heterocycles. The molecule has 0 aromatic heterocycles. The first kappa shape index (κ1) is 32.0. The molecular formula is C31H38ClN3O5S. The molecule has 3 rings (SSSR count). The lowest BCUT2D eigenvalue weighted by Gasteiger charge is -2.32. The van der Waals surface area contributed by atoms with E-state index in [1.54, 1.807) is 38.1 Å². The van der Waals surface area contributed by atoms with Crippen molar-refractivity contribution in [2.24, 2.45) is 5.92 Å². The number of sulfonamides is 1. The van der Waals surface area contributed by atoms with Gasteiger partial charge < -0.3 is 15.0 Å². The summed E-state index contributed by atoms with van der Waals surface area (Å²) < 4.78 is 34.8. The standard InChI is InChI=1S/C31H38ClN3O5S/c1-6-40-29-10-8-7-9-28(29)35(41(38,39)27-17-15-26(32)16-18-27)21-30(36)34(20-25-13-11-23(4)12-14-25)24(5)31(37)33-19-22(2)3/h7-18,22,24H,6,19-21H2,1-5H3,(H,33,37)/t24-/m0/s1. The Bertz CT molecular complexity index is 1430. The molecule has 1 atom stereocenters. The van der Waals surface area contributed by atoms with E-state index in [4.69, 9.17) is 16.3 Å². The fraction of sp³-hybridized carbons (Fsp3) is 0.355. The molecule has 0 unspecified atom stereocenters. The summed E-state index contributed by atoms with van der Waals surface area (Å²) in [7, 11) is -4.24. The minimum absolute atomic E-state index is 0.0335. The first-order valence-electron chi connectivity index (χ1n) is 13.6. The van der Waals surface area contributed by atoms with Crippen molar-refractivity contribution in [3.63, 3.8) is 0 Å². The summed E-state index contributed by atoms with van der Waals surface area (Å²) in [6.45, 7) is 9.69. The van der Waals surface area contributed by atoms with Crippen LogP contribution in [-0.2, 0) is 26.2 Å². The zero-order valence-corrected chi connectivity index (χ0v) is 25.7. The van der Waals surface area contributed by atoms with Crippen LogP contribution in [0.3, 0.4) is 0 Å². The molecule has 41 heavy (non-hydrogen) atoms. The van der Waals surface area contributed by atoms with E-state index in [9.17, 15) is 18.0 Å². The normalized spacial score (nSPS) is 12.1. The van der Waals surface area contributed by atoms with Crippen LogP contribution >= 0.6 is 11.6 Å². The second kappa shape index (κ2) is 14.4. The maximum absolute atomic E-state index is 14.1. The van der Waals surface area contributed by atoms with Gasteiger partial charge in [-0.25, -0.2) is 8.42 Å². The summed E-state index contributed by atoms with van der Waals surface area (Å²) in [5.74, 6) is -0.321. The number of rotatable bonds is 13. The van der Waals surface area contributed by atoms with Crippen molar-refractivity contribution >= 4 is 39.1 Å². The maximum atomic E-state index is 14.1. The van der Waals surface area contributed by atoms with Crippen molar-refractivity contribution in [3.8, 4) is 5.75 Å².